The predicted molar refractivity (Wildman–Crippen MR) is 79.9 cm³/mol. The molecule has 0 spiro atoms. The highest BCUT2D eigenvalue weighted by molar-refractivity contribution is 5.03. The number of rotatable bonds is 4. The summed E-state index contributed by atoms with van der Waals surface area (Å²) in [6.07, 6.45) is 0.701. The molecule has 0 amide bonds. The Labute approximate surface area is 115 Å². The molecule has 1 rings (SSSR count). The zero-order valence-electron chi connectivity index (χ0n) is 13.2. The van der Waals surface area contributed by atoms with Gasteiger partial charge >= 0.3 is 5.69 Å². The summed E-state index contributed by atoms with van der Waals surface area (Å²) in [6, 6.07) is 1.45. The molecule has 0 aliphatic rings. The fourth-order valence-corrected chi connectivity index (χ4v) is 1.74. The van der Waals surface area contributed by atoms with Crippen molar-refractivity contribution in [2.45, 2.75) is 40.2 Å². The normalized spacial score (nSPS) is 10.6. The lowest BCUT2D eigenvalue weighted by molar-refractivity contribution is 0.405. The minimum Gasteiger partial charge on any atom is -0.309 e. The van der Waals surface area contributed by atoms with Crippen LogP contribution in [-0.2, 0) is 13.5 Å². The first-order chi connectivity index (χ1) is 8.84. The van der Waals surface area contributed by atoms with Gasteiger partial charge in [-0.05, 0) is 27.9 Å². The van der Waals surface area contributed by atoms with E-state index in [9.17, 15) is 9.59 Å². The van der Waals surface area contributed by atoms with Gasteiger partial charge in [-0.25, -0.2) is 4.79 Å². The molecule has 5 heteroatoms. The summed E-state index contributed by atoms with van der Waals surface area (Å²) in [7, 11) is 5.65. The standard InChI is InChI=1S/C12H21N3O2.C2H6/c1-9(2)15-11(16)8-10(6-7-13(3)4)14(5)12(15)17;1-2/h8-9H,6-7H2,1-5H3;1-2H3. The van der Waals surface area contributed by atoms with E-state index < -0.39 is 0 Å². The number of nitrogens with zero attached hydrogens (tertiary/aromatic N) is 3. The minimum atomic E-state index is -0.235. The van der Waals surface area contributed by atoms with Crippen LogP contribution in [0.2, 0.25) is 0 Å². The largest absolute Gasteiger partial charge is 0.331 e. The van der Waals surface area contributed by atoms with Crippen molar-refractivity contribution in [2.24, 2.45) is 7.05 Å². The Morgan fingerprint density at radius 1 is 1.21 bits per heavy atom. The van der Waals surface area contributed by atoms with Gasteiger partial charge in [0.2, 0.25) is 0 Å². The molecule has 0 fully saturated rings. The van der Waals surface area contributed by atoms with Crippen molar-refractivity contribution in [1.82, 2.24) is 14.0 Å². The average Bonchev–Trinajstić information content (AvgIpc) is 2.34. The van der Waals surface area contributed by atoms with Crippen LogP contribution in [0.25, 0.3) is 0 Å². The Morgan fingerprint density at radius 2 is 1.74 bits per heavy atom. The van der Waals surface area contributed by atoms with Gasteiger partial charge in [0.25, 0.3) is 5.56 Å². The molecule has 19 heavy (non-hydrogen) atoms. The van der Waals surface area contributed by atoms with Gasteiger partial charge in [-0.15, -0.1) is 0 Å². The second kappa shape index (κ2) is 7.94. The SMILES string of the molecule is CC.CC(C)n1c(=O)cc(CCN(C)C)n(C)c1=O. The lowest BCUT2D eigenvalue weighted by atomic mass is 10.2. The predicted octanol–water partition coefficient (Wildman–Crippen LogP) is 1.26. The number of likely N-dealkylation sites (N-methyl/N-ethyl adjacent to an activating group) is 1. The summed E-state index contributed by atoms with van der Waals surface area (Å²) in [4.78, 5) is 25.9. The Hall–Kier alpha value is -1.36. The summed E-state index contributed by atoms with van der Waals surface area (Å²) in [5, 5.41) is 0. The first-order valence-electron chi connectivity index (χ1n) is 6.80. The zero-order valence-corrected chi connectivity index (χ0v) is 13.2. The number of aromatic nitrogens is 2. The quantitative estimate of drug-likeness (QED) is 0.826. The monoisotopic (exact) mass is 269 g/mol. The van der Waals surface area contributed by atoms with E-state index >= 15 is 0 Å². The average molecular weight is 269 g/mol. The van der Waals surface area contributed by atoms with Gasteiger partial charge in [0.15, 0.2) is 0 Å². The molecule has 0 atom stereocenters. The van der Waals surface area contributed by atoms with E-state index in [1.54, 1.807) is 17.7 Å². The van der Waals surface area contributed by atoms with Crippen molar-refractivity contribution >= 4 is 0 Å². The first kappa shape index (κ1) is 17.6. The maximum atomic E-state index is 12.0. The van der Waals surface area contributed by atoms with Crippen molar-refractivity contribution < 1.29 is 0 Å². The third-order valence-electron chi connectivity index (χ3n) is 2.78. The molecule has 0 radical (unpaired) electrons. The lowest BCUT2D eigenvalue weighted by Crippen LogP contribution is -2.41. The van der Waals surface area contributed by atoms with Gasteiger partial charge in [0.05, 0.1) is 0 Å². The Morgan fingerprint density at radius 3 is 2.16 bits per heavy atom. The van der Waals surface area contributed by atoms with Crippen LogP contribution >= 0.6 is 0 Å². The first-order valence-corrected chi connectivity index (χ1v) is 6.80. The molecule has 110 valence electrons. The number of hydrogen-bond donors (Lipinski definition) is 0. The Kier molecular flexibility index (Phi) is 7.37. The van der Waals surface area contributed by atoms with E-state index in [-0.39, 0.29) is 17.3 Å². The van der Waals surface area contributed by atoms with Crippen molar-refractivity contribution in [1.29, 1.82) is 0 Å². The minimum absolute atomic E-state index is 0.107. The van der Waals surface area contributed by atoms with Gasteiger partial charge in [-0.1, -0.05) is 13.8 Å². The second-order valence-corrected chi connectivity index (χ2v) is 4.83. The molecule has 0 aliphatic heterocycles. The topological polar surface area (TPSA) is 47.2 Å². The van der Waals surface area contributed by atoms with Crippen molar-refractivity contribution in [3.05, 3.63) is 32.6 Å². The van der Waals surface area contributed by atoms with Crippen LogP contribution in [0.1, 0.15) is 39.4 Å². The van der Waals surface area contributed by atoms with E-state index in [4.69, 9.17) is 0 Å². The molecule has 0 saturated heterocycles. The van der Waals surface area contributed by atoms with Gasteiger partial charge in [0.1, 0.15) is 0 Å². The fraction of sp³-hybridized carbons (Fsp3) is 0.714. The highest BCUT2D eigenvalue weighted by Crippen LogP contribution is 1.98. The van der Waals surface area contributed by atoms with Crippen LogP contribution in [0.5, 0.6) is 0 Å². The molecule has 0 aromatic carbocycles. The maximum absolute atomic E-state index is 12.0. The highest BCUT2D eigenvalue weighted by atomic mass is 16.2. The molecule has 1 aromatic rings. The maximum Gasteiger partial charge on any atom is 0.331 e. The van der Waals surface area contributed by atoms with Crippen molar-refractivity contribution in [2.75, 3.05) is 20.6 Å². The van der Waals surface area contributed by atoms with Crippen molar-refractivity contribution in [3.8, 4) is 0 Å². The molecule has 0 N–H and O–H groups in total. The van der Waals surface area contributed by atoms with Crippen LogP contribution in [-0.4, -0.2) is 34.7 Å². The fourth-order valence-electron chi connectivity index (χ4n) is 1.74. The second-order valence-electron chi connectivity index (χ2n) is 4.83. The van der Waals surface area contributed by atoms with E-state index in [2.05, 4.69) is 0 Å². The van der Waals surface area contributed by atoms with E-state index in [0.29, 0.717) is 6.42 Å². The van der Waals surface area contributed by atoms with E-state index in [1.807, 2.05) is 46.7 Å². The molecule has 1 heterocycles. The summed E-state index contributed by atoms with van der Waals surface area (Å²) in [5.41, 5.74) is 0.337. The molecule has 0 aliphatic carbocycles. The van der Waals surface area contributed by atoms with Gasteiger partial charge < -0.3 is 9.47 Å². The van der Waals surface area contributed by atoms with Crippen LogP contribution in [0.15, 0.2) is 15.7 Å². The van der Waals surface area contributed by atoms with E-state index in [1.165, 1.54) is 4.57 Å². The Balaban J connectivity index is 0.00000154. The highest BCUT2D eigenvalue weighted by Gasteiger charge is 2.10. The molecular formula is C14H27N3O2. The van der Waals surface area contributed by atoms with Crippen molar-refractivity contribution in [3.63, 3.8) is 0 Å². The molecule has 0 bridgehead atoms. The molecular weight excluding hydrogens is 242 g/mol. The summed E-state index contributed by atoms with van der Waals surface area (Å²) >= 11 is 0. The van der Waals surface area contributed by atoms with Gasteiger partial charge in [-0.2, -0.15) is 0 Å². The Bertz CT molecular complexity index is 498. The summed E-state index contributed by atoms with van der Waals surface area (Å²) in [5.74, 6) is 0. The molecule has 5 nitrogen and oxygen atoms in total. The summed E-state index contributed by atoms with van der Waals surface area (Å²) < 4.78 is 2.84. The third-order valence-corrected chi connectivity index (χ3v) is 2.78. The van der Waals surface area contributed by atoms with Crippen LogP contribution in [0.4, 0.5) is 0 Å². The van der Waals surface area contributed by atoms with Crippen LogP contribution in [0, 0.1) is 0 Å². The van der Waals surface area contributed by atoms with Crippen LogP contribution < -0.4 is 11.2 Å². The summed E-state index contributed by atoms with van der Waals surface area (Å²) in [6.45, 7) is 8.49. The molecule has 0 unspecified atom stereocenters. The third kappa shape index (κ3) is 4.67. The lowest BCUT2D eigenvalue weighted by Gasteiger charge is -2.15. The number of hydrogen-bond acceptors (Lipinski definition) is 3. The van der Waals surface area contributed by atoms with Gasteiger partial charge in [0, 0.05) is 37.8 Å². The van der Waals surface area contributed by atoms with E-state index in [0.717, 1.165) is 12.2 Å². The van der Waals surface area contributed by atoms with Crippen LogP contribution in [0.3, 0.4) is 0 Å². The smallest absolute Gasteiger partial charge is 0.309 e. The van der Waals surface area contributed by atoms with Gasteiger partial charge in [-0.3, -0.25) is 9.36 Å². The zero-order chi connectivity index (χ0) is 15.2. The molecule has 1 aromatic heterocycles. The molecule has 0 saturated carbocycles.